The fourth-order valence-corrected chi connectivity index (χ4v) is 2.19. The first-order chi connectivity index (χ1) is 7.65. The lowest BCUT2D eigenvalue weighted by atomic mass is 10.1. The first-order valence-corrected chi connectivity index (χ1v) is 5.71. The summed E-state index contributed by atoms with van der Waals surface area (Å²) in [5.41, 5.74) is 3.75. The smallest absolute Gasteiger partial charge is 0.236 e. The zero-order chi connectivity index (χ0) is 11.5. The van der Waals surface area contributed by atoms with Gasteiger partial charge in [0.05, 0.1) is 6.54 Å². The van der Waals surface area contributed by atoms with E-state index in [0.717, 1.165) is 19.6 Å². The molecule has 1 aliphatic heterocycles. The molecule has 1 amide bonds. The molecule has 0 bridgehead atoms. The fraction of sp³-hybridized carbons (Fsp3) is 0.462. The number of aryl methyl sites for hydroxylation is 2. The van der Waals surface area contributed by atoms with Gasteiger partial charge in [-0.2, -0.15) is 0 Å². The van der Waals surface area contributed by atoms with Gasteiger partial charge in [-0.25, -0.2) is 0 Å². The molecule has 3 nitrogen and oxygen atoms in total. The second-order valence-corrected chi connectivity index (χ2v) is 4.49. The molecule has 0 radical (unpaired) electrons. The standard InChI is InChI=1S/C13H18N2O.ClH/c1-10-5-11(2)7-12(6-10)9-15-4-3-14-8-13(15)16;/h5-7,14H,3-4,8-9H2,1-2H3;1H. The SMILES string of the molecule is Cc1cc(C)cc(CN2CCNCC2=O)c1.Cl. The molecule has 1 aliphatic rings. The molecule has 0 atom stereocenters. The Morgan fingerprint density at radius 1 is 1.24 bits per heavy atom. The van der Waals surface area contributed by atoms with Crippen LogP contribution in [0.2, 0.25) is 0 Å². The minimum absolute atomic E-state index is 0. The Hall–Kier alpha value is -1.06. The van der Waals surface area contributed by atoms with Crippen LogP contribution in [-0.4, -0.2) is 30.4 Å². The van der Waals surface area contributed by atoms with Crippen molar-refractivity contribution in [3.8, 4) is 0 Å². The Morgan fingerprint density at radius 3 is 2.47 bits per heavy atom. The highest BCUT2D eigenvalue weighted by Gasteiger charge is 2.17. The molecule has 0 saturated carbocycles. The second-order valence-electron chi connectivity index (χ2n) is 4.49. The summed E-state index contributed by atoms with van der Waals surface area (Å²) < 4.78 is 0. The normalized spacial score (nSPS) is 15.6. The van der Waals surface area contributed by atoms with Crippen LogP contribution in [0.1, 0.15) is 16.7 Å². The Labute approximate surface area is 109 Å². The molecule has 0 unspecified atom stereocenters. The molecule has 1 aromatic carbocycles. The van der Waals surface area contributed by atoms with Crippen LogP contribution in [0.25, 0.3) is 0 Å². The summed E-state index contributed by atoms with van der Waals surface area (Å²) in [5.74, 6) is 0.199. The number of amides is 1. The van der Waals surface area contributed by atoms with E-state index in [4.69, 9.17) is 0 Å². The van der Waals surface area contributed by atoms with Crippen molar-refractivity contribution < 1.29 is 4.79 Å². The molecule has 1 fully saturated rings. The molecule has 4 heteroatoms. The van der Waals surface area contributed by atoms with E-state index >= 15 is 0 Å². The quantitative estimate of drug-likeness (QED) is 0.871. The van der Waals surface area contributed by atoms with Crippen LogP contribution in [0.3, 0.4) is 0 Å². The van der Waals surface area contributed by atoms with E-state index in [1.165, 1.54) is 16.7 Å². The Morgan fingerprint density at radius 2 is 1.88 bits per heavy atom. The van der Waals surface area contributed by atoms with Crippen molar-refractivity contribution in [2.24, 2.45) is 0 Å². The first kappa shape index (κ1) is 14.0. The summed E-state index contributed by atoms with van der Waals surface area (Å²) in [6.07, 6.45) is 0. The molecule has 1 N–H and O–H groups in total. The van der Waals surface area contributed by atoms with Gasteiger partial charge in [-0.05, 0) is 19.4 Å². The Balaban J connectivity index is 0.00000144. The van der Waals surface area contributed by atoms with Gasteiger partial charge in [-0.1, -0.05) is 29.3 Å². The number of piperazine rings is 1. The van der Waals surface area contributed by atoms with Gasteiger partial charge in [0.2, 0.25) is 5.91 Å². The van der Waals surface area contributed by atoms with Gasteiger partial charge in [0.25, 0.3) is 0 Å². The van der Waals surface area contributed by atoms with E-state index in [2.05, 4.69) is 37.4 Å². The van der Waals surface area contributed by atoms with E-state index in [-0.39, 0.29) is 18.3 Å². The van der Waals surface area contributed by atoms with Gasteiger partial charge < -0.3 is 10.2 Å². The molecule has 0 aromatic heterocycles. The van der Waals surface area contributed by atoms with Crippen LogP contribution in [0.5, 0.6) is 0 Å². The minimum atomic E-state index is 0. The molecule has 1 aromatic rings. The van der Waals surface area contributed by atoms with Gasteiger partial charge in [0, 0.05) is 19.6 Å². The highest BCUT2D eigenvalue weighted by atomic mass is 35.5. The molecular weight excluding hydrogens is 236 g/mol. The summed E-state index contributed by atoms with van der Waals surface area (Å²) in [6.45, 7) is 7.11. The lowest BCUT2D eigenvalue weighted by molar-refractivity contribution is -0.132. The van der Waals surface area contributed by atoms with E-state index in [1.807, 2.05) is 4.90 Å². The molecule has 1 saturated heterocycles. The maximum absolute atomic E-state index is 11.6. The molecule has 2 rings (SSSR count). The zero-order valence-corrected chi connectivity index (χ0v) is 11.1. The third-order valence-electron chi connectivity index (χ3n) is 2.84. The van der Waals surface area contributed by atoms with Gasteiger partial charge in [0.1, 0.15) is 0 Å². The maximum Gasteiger partial charge on any atom is 0.236 e. The average Bonchev–Trinajstić information content (AvgIpc) is 2.20. The average molecular weight is 255 g/mol. The topological polar surface area (TPSA) is 32.3 Å². The number of carbonyl (C=O) groups is 1. The van der Waals surface area contributed by atoms with Crippen LogP contribution in [0.15, 0.2) is 18.2 Å². The Bertz CT molecular complexity index is 386. The number of hydrogen-bond acceptors (Lipinski definition) is 2. The highest BCUT2D eigenvalue weighted by Crippen LogP contribution is 2.12. The van der Waals surface area contributed by atoms with Gasteiger partial charge >= 0.3 is 0 Å². The number of benzene rings is 1. The summed E-state index contributed by atoms with van der Waals surface area (Å²) >= 11 is 0. The van der Waals surface area contributed by atoms with Crippen molar-refractivity contribution in [1.82, 2.24) is 10.2 Å². The predicted molar refractivity (Wildman–Crippen MR) is 71.5 cm³/mol. The monoisotopic (exact) mass is 254 g/mol. The summed E-state index contributed by atoms with van der Waals surface area (Å²) in [7, 11) is 0. The van der Waals surface area contributed by atoms with Crippen LogP contribution in [-0.2, 0) is 11.3 Å². The van der Waals surface area contributed by atoms with Crippen molar-refractivity contribution >= 4 is 18.3 Å². The third-order valence-corrected chi connectivity index (χ3v) is 2.84. The molecule has 17 heavy (non-hydrogen) atoms. The number of halogens is 1. The van der Waals surface area contributed by atoms with Gasteiger partial charge in [-0.3, -0.25) is 4.79 Å². The minimum Gasteiger partial charge on any atom is -0.336 e. The van der Waals surface area contributed by atoms with Crippen LogP contribution in [0, 0.1) is 13.8 Å². The number of nitrogens with one attached hydrogen (secondary N) is 1. The molecule has 1 heterocycles. The van der Waals surface area contributed by atoms with E-state index < -0.39 is 0 Å². The van der Waals surface area contributed by atoms with Crippen LogP contribution in [0.4, 0.5) is 0 Å². The highest BCUT2D eigenvalue weighted by molar-refractivity contribution is 5.85. The Kier molecular flexibility index (Phi) is 4.97. The van der Waals surface area contributed by atoms with Crippen molar-refractivity contribution in [3.05, 3.63) is 34.9 Å². The summed E-state index contributed by atoms with van der Waals surface area (Å²) in [5, 5.41) is 3.08. The first-order valence-electron chi connectivity index (χ1n) is 5.71. The maximum atomic E-state index is 11.6. The number of carbonyl (C=O) groups excluding carboxylic acids is 1. The number of hydrogen-bond donors (Lipinski definition) is 1. The van der Waals surface area contributed by atoms with Crippen molar-refractivity contribution in [2.45, 2.75) is 20.4 Å². The fourth-order valence-electron chi connectivity index (χ4n) is 2.19. The largest absolute Gasteiger partial charge is 0.336 e. The number of nitrogens with zero attached hydrogens (tertiary/aromatic N) is 1. The molecular formula is C13H19ClN2O. The van der Waals surface area contributed by atoms with Crippen molar-refractivity contribution in [2.75, 3.05) is 19.6 Å². The summed E-state index contributed by atoms with van der Waals surface area (Å²) in [6, 6.07) is 6.47. The van der Waals surface area contributed by atoms with Crippen molar-refractivity contribution in [1.29, 1.82) is 0 Å². The number of rotatable bonds is 2. The molecule has 0 spiro atoms. The lowest BCUT2D eigenvalue weighted by Crippen LogP contribution is -2.47. The predicted octanol–water partition coefficient (Wildman–Crippen LogP) is 1.66. The van der Waals surface area contributed by atoms with E-state index in [0.29, 0.717) is 6.54 Å². The summed E-state index contributed by atoms with van der Waals surface area (Å²) in [4.78, 5) is 13.6. The third kappa shape index (κ3) is 3.72. The van der Waals surface area contributed by atoms with Gasteiger partial charge in [-0.15, -0.1) is 12.4 Å². The van der Waals surface area contributed by atoms with Crippen LogP contribution < -0.4 is 5.32 Å². The van der Waals surface area contributed by atoms with E-state index in [1.54, 1.807) is 0 Å². The van der Waals surface area contributed by atoms with E-state index in [9.17, 15) is 4.79 Å². The lowest BCUT2D eigenvalue weighted by Gasteiger charge is -2.27. The zero-order valence-electron chi connectivity index (χ0n) is 10.3. The van der Waals surface area contributed by atoms with Crippen LogP contribution >= 0.6 is 12.4 Å². The molecule has 94 valence electrons. The second kappa shape index (κ2) is 6.03. The molecule has 0 aliphatic carbocycles. The van der Waals surface area contributed by atoms with Gasteiger partial charge in [0.15, 0.2) is 0 Å². The van der Waals surface area contributed by atoms with Crippen molar-refractivity contribution in [3.63, 3.8) is 0 Å².